The van der Waals surface area contributed by atoms with Gasteiger partial charge in [0, 0.05) is 32.9 Å². The van der Waals surface area contributed by atoms with Crippen molar-refractivity contribution < 1.29 is 8.83 Å². The lowest BCUT2D eigenvalue weighted by Crippen LogP contribution is -2.29. The number of para-hydroxylation sites is 3. The van der Waals surface area contributed by atoms with Crippen molar-refractivity contribution in [3.05, 3.63) is 247 Å². The molecule has 2 aliphatic rings. The first-order valence-corrected chi connectivity index (χ1v) is 22.0. The van der Waals surface area contributed by atoms with Crippen molar-refractivity contribution >= 4 is 60.9 Å². The number of hydrogen-bond donors (Lipinski definition) is 0. The Morgan fingerprint density at radius 2 is 0.828 bits per heavy atom. The van der Waals surface area contributed by atoms with Crippen LogP contribution in [0.5, 0.6) is 0 Å². The highest BCUT2D eigenvalue weighted by atomic mass is 16.3. The van der Waals surface area contributed by atoms with Gasteiger partial charge in [0.2, 0.25) is 0 Å². The van der Waals surface area contributed by atoms with Crippen LogP contribution in [0.2, 0.25) is 0 Å². The van der Waals surface area contributed by atoms with Crippen molar-refractivity contribution in [3.8, 4) is 44.5 Å². The van der Waals surface area contributed by atoms with Gasteiger partial charge in [-0.3, -0.25) is 0 Å². The summed E-state index contributed by atoms with van der Waals surface area (Å²) in [5.41, 5.74) is 20.6. The van der Waals surface area contributed by atoms with Crippen LogP contribution < -0.4 is 4.90 Å². The molecule has 2 aromatic heterocycles. The van der Waals surface area contributed by atoms with Crippen LogP contribution in [0.15, 0.2) is 233 Å². The smallest absolute Gasteiger partial charge is 0.159 e. The third-order valence-electron chi connectivity index (χ3n) is 13.9. The number of fused-ring (bicyclic) bond motifs is 18. The molecule has 0 saturated carbocycles. The highest BCUT2D eigenvalue weighted by Gasteiger charge is 2.50. The molecular formula is C61H37NO2. The number of benzene rings is 10. The van der Waals surface area contributed by atoms with E-state index in [9.17, 15) is 0 Å². The first kappa shape index (κ1) is 35.2. The third-order valence-corrected chi connectivity index (χ3v) is 13.9. The first-order chi connectivity index (χ1) is 31.7. The van der Waals surface area contributed by atoms with Gasteiger partial charge in [-0.2, -0.15) is 0 Å². The van der Waals surface area contributed by atoms with Crippen LogP contribution in [0.3, 0.4) is 0 Å². The van der Waals surface area contributed by atoms with Crippen molar-refractivity contribution in [2.45, 2.75) is 5.41 Å². The van der Waals surface area contributed by atoms with Gasteiger partial charge >= 0.3 is 0 Å². The summed E-state index contributed by atoms with van der Waals surface area (Å²) in [6.45, 7) is 0. The zero-order chi connectivity index (χ0) is 41.9. The topological polar surface area (TPSA) is 29.5 Å². The van der Waals surface area contributed by atoms with Crippen LogP contribution >= 0.6 is 0 Å². The molecule has 0 radical (unpaired) electrons. The highest BCUT2D eigenvalue weighted by Crippen LogP contribution is 2.62. The molecule has 3 heteroatoms. The van der Waals surface area contributed by atoms with Gasteiger partial charge in [0.25, 0.3) is 0 Å². The average molecular weight is 816 g/mol. The molecule has 1 spiro atoms. The Hall–Kier alpha value is -8.40. The summed E-state index contributed by atoms with van der Waals surface area (Å²) in [7, 11) is 0. The molecule has 2 heterocycles. The predicted octanol–water partition coefficient (Wildman–Crippen LogP) is 16.6. The maximum atomic E-state index is 6.80. The molecule has 10 aromatic carbocycles. The van der Waals surface area contributed by atoms with Gasteiger partial charge in [-0.25, -0.2) is 0 Å². The molecule has 0 fully saturated rings. The minimum atomic E-state index is -0.650. The van der Waals surface area contributed by atoms with Crippen LogP contribution in [0, 0.1) is 0 Å². The second-order valence-electron chi connectivity index (χ2n) is 17.1. The standard InChI is InChI=1S/C61H37NO2/c1-2-15-38(16-3-1)39-29-31-40(32-30-39)62(56-26-14-23-48-46-21-8-13-28-58(46)64-60(48)56)41-33-34-54-49(35-41)43-18-5-4-17-42(43)44-19-6-10-24-52(44)61(54)53-25-11-7-20-45(53)50-37-59-51(36-55(50)61)47-22-9-12-27-57(47)63-59/h1-37H. The summed E-state index contributed by atoms with van der Waals surface area (Å²) in [6.07, 6.45) is 0. The summed E-state index contributed by atoms with van der Waals surface area (Å²) >= 11 is 0. The zero-order valence-electron chi connectivity index (χ0n) is 34.6. The van der Waals surface area contributed by atoms with E-state index in [1.807, 2.05) is 6.07 Å². The maximum Gasteiger partial charge on any atom is 0.159 e. The van der Waals surface area contributed by atoms with Crippen molar-refractivity contribution in [2.75, 3.05) is 4.90 Å². The van der Waals surface area contributed by atoms with Crippen LogP contribution in [0.25, 0.3) is 88.4 Å². The molecule has 0 amide bonds. The first-order valence-electron chi connectivity index (χ1n) is 22.0. The van der Waals surface area contributed by atoms with Gasteiger partial charge in [0.05, 0.1) is 11.1 Å². The number of anilines is 3. The van der Waals surface area contributed by atoms with E-state index in [0.29, 0.717) is 0 Å². The molecule has 0 aliphatic heterocycles. The van der Waals surface area contributed by atoms with E-state index in [1.54, 1.807) is 0 Å². The van der Waals surface area contributed by atoms with Crippen molar-refractivity contribution in [1.82, 2.24) is 0 Å². The van der Waals surface area contributed by atoms with E-state index in [1.165, 1.54) is 66.8 Å². The van der Waals surface area contributed by atoms with Gasteiger partial charge < -0.3 is 13.7 Å². The lowest BCUT2D eigenvalue weighted by molar-refractivity contribution is 0.668. The van der Waals surface area contributed by atoms with Crippen molar-refractivity contribution in [2.24, 2.45) is 0 Å². The Labute approximate surface area is 369 Å². The van der Waals surface area contributed by atoms with Gasteiger partial charge in [-0.1, -0.05) is 170 Å². The SMILES string of the molecule is c1ccc(-c2ccc(N(c3ccc4c(c3)-c3ccccc3-c3ccccc3C43c4ccccc4-c4cc5oc6ccccc6c5cc43)c3cccc4c3oc3ccccc34)cc2)cc1. The van der Waals surface area contributed by atoms with Crippen LogP contribution in [0.1, 0.15) is 22.3 Å². The summed E-state index contributed by atoms with van der Waals surface area (Å²) in [4.78, 5) is 2.38. The molecule has 0 N–H and O–H groups in total. The molecule has 1 atom stereocenters. The largest absolute Gasteiger partial charge is 0.456 e. The van der Waals surface area contributed by atoms with E-state index in [-0.39, 0.29) is 0 Å². The van der Waals surface area contributed by atoms with Gasteiger partial charge in [-0.15, -0.1) is 0 Å². The second-order valence-corrected chi connectivity index (χ2v) is 17.1. The molecule has 0 bridgehead atoms. The molecule has 64 heavy (non-hydrogen) atoms. The average Bonchev–Trinajstić information content (AvgIpc) is 4.00. The third kappa shape index (κ3) is 4.81. The fraction of sp³-hybridized carbons (Fsp3) is 0.0164. The fourth-order valence-electron chi connectivity index (χ4n) is 11.2. The molecule has 2 aliphatic carbocycles. The van der Waals surface area contributed by atoms with E-state index in [4.69, 9.17) is 8.83 Å². The molecule has 1 unspecified atom stereocenters. The Bertz CT molecular complexity index is 3860. The molecule has 0 saturated heterocycles. The van der Waals surface area contributed by atoms with Crippen molar-refractivity contribution in [3.63, 3.8) is 0 Å². The lowest BCUT2D eigenvalue weighted by atomic mass is 9.65. The Kier molecular flexibility index (Phi) is 7.32. The number of nitrogens with zero attached hydrogens (tertiary/aromatic N) is 1. The van der Waals surface area contributed by atoms with Crippen molar-refractivity contribution in [1.29, 1.82) is 0 Å². The normalized spacial score (nSPS) is 14.6. The number of hydrogen-bond acceptors (Lipinski definition) is 3. The maximum absolute atomic E-state index is 6.80. The van der Waals surface area contributed by atoms with E-state index in [0.717, 1.165) is 60.9 Å². The quantitative estimate of drug-likeness (QED) is 0.177. The summed E-state index contributed by atoms with van der Waals surface area (Å²) in [5, 5.41) is 4.45. The summed E-state index contributed by atoms with van der Waals surface area (Å²) in [5.74, 6) is 0. The zero-order valence-corrected chi connectivity index (χ0v) is 34.6. The number of furan rings is 2. The van der Waals surface area contributed by atoms with E-state index < -0.39 is 5.41 Å². The highest BCUT2D eigenvalue weighted by molar-refractivity contribution is 6.11. The summed E-state index contributed by atoms with van der Waals surface area (Å²) in [6, 6.07) is 81.8. The minimum absolute atomic E-state index is 0.650. The van der Waals surface area contributed by atoms with E-state index in [2.05, 4.69) is 223 Å². The monoisotopic (exact) mass is 815 g/mol. The molecule has 14 rings (SSSR count). The predicted molar refractivity (Wildman–Crippen MR) is 263 cm³/mol. The molecule has 298 valence electrons. The molecule has 12 aromatic rings. The van der Waals surface area contributed by atoms with Gasteiger partial charge in [0.15, 0.2) is 5.58 Å². The van der Waals surface area contributed by atoms with Gasteiger partial charge in [-0.05, 0) is 121 Å². The van der Waals surface area contributed by atoms with Crippen LogP contribution in [-0.4, -0.2) is 0 Å². The minimum Gasteiger partial charge on any atom is -0.456 e. The van der Waals surface area contributed by atoms with Crippen LogP contribution in [-0.2, 0) is 5.41 Å². The molecule has 3 nitrogen and oxygen atoms in total. The lowest BCUT2D eigenvalue weighted by Gasteiger charge is -2.36. The van der Waals surface area contributed by atoms with Gasteiger partial charge in [0.1, 0.15) is 16.7 Å². The Balaban J connectivity index is 1.08. The Morgan fingerprint density at radius 3 is 1.58 bits per heavy atom. The van der Waals surface area contributed by atoms with E-state index >= 15 is 0 Å². The fourth-order valence-corrected chi connectivity index (χ4v) is 11.2. The van der Waals surface area contributed by atoms with Crippen LogP contribution in [0.4, 0.5) is 17.1 Å². The number of rotatable bonds is 4. The Morgan fingerprint density at radius 1 is 0.297 bits per heavy atom. The molecular weight excluding hydrogens is 779 g/mol. The second kappa shape index (κ2) is 13.3. The summed E-state index contributed by atoms with van der Waals surface area (Å²) < 4.78 is 13.4.